The molecule has 1 amide bonds. The molecule has 5 nitrogen and oxygen atoms in total. The van der Waals surface area contributed by atoms with Crippen LogP contribution in [-0.4, -0.2) is 30.6 Å². The first-order valence-corrected chi connectivity index (χ1v) is 5.39. The maximum Gasteiger partial charge on any atom is 0.242 e. The second kappa shape index (κ2) is 4.80. The van der Waals surface area contributed by atoms with Crippen molar-refractivity contribution in [3.05, 3.63) is 29.8 Å². The van der Waals surface area contributed by atoms with E-state index in [2.05, 4.69) is 4.99 Å². The van der Waals surface area contributed by atoms with Crippen molar-refractivity contribution in [1.29, 1.82) is 0 Å². The molecule has 0 radical (unpaired) electrons. The highest BCUT2D eigenvalue weighted by Gasteiger charge is 2.25. The molecule has 1 aromatic rings. The smallest absolute Gasteiger partial charge is 0.242 e. The van der Waals surface area contributed by atoms with Crippen molar-refractivity contribution < 1.29 is 9.59 Å². The Balaban J connectivity index is 2.21. The topological polar surface area (TPSA) is 53.0 Å². The highest BCUT2D eigenvalue weighted by Crippen LogP contribution is 2.22. The first kappa shape index (κ1) is 11.4. The van der Waals surface area contributed by atoms with Crippen LogP contribution in [0.5, 0.6) is 0 Å². The van der Waals surface area contributed by atoms with E-state index >= 15 is 0 Å². The number of aliphatic imine (C=N–C) groups is 1. The molecule has 0 spiro atoms. The monoisotopic (exact) mass is 231 g/mol. The van der Waals surface area contributed by atoms with Gasteiger partial charge in [0.05, 0.1) is 12.2 Å². The third-order valence-electron chi connectivity index (χ3n) is 2.80. The molecule has 5 heteroatoms. The number of hydrogen-bond donors (Lipinski definition) is 0. The van der Waals surface area contributed by atoms with Crippen LogP contribution in [0, 0.1) is 0 Å². The van der Waals surface area contributed by atoms with Gasteiger partial charge >= 0.3 is 0 Å². The standard InChI is InChI=1S/C12H13N3O2/c1-14-12(17)5-6-15(14)11-4-2-3-10(7-11)8-13-9-16/h2-4,7H,5-6,8H2,1H3. The Morgan fingerprint density at radius 3 is 2.94 bits per heavy atom. The van der Waals surface area contributed by atoms with Crippen LogP contribution in [-0.2, 0) is 16.1 Å². The summed E-state index contributed by atoms with van der Waals surface area (Å²) in [6.07, 6.45) is 2.05. The summed E-state index contributed by atoms with van der Waals surface area (Å²) in [4.78, 5) is 25.0. The Hall–Kier alpha value is -2.13. The number of amides is 1. The number of nitrogens with zero attached hydrogens (tertiary/aromatic N) is 3. The highest BCUT2D eigenvalue weighted by atomic mass is 16.2. The van der Waals surface area contributed by atoms with Crippen molar-refractivity contribution in [2.24, 2.45) is 4.99 Å². The van der Waals surface area contributed by atoms with Crippen molar-refractivity contribution in [1.82, 2.24) is 5.01 Å². The van der Waals surface area contributed by atoms with Gasteiger partial charge in [0, 0.05) is 20.0 Å². The molecule has 1 saturated heterocycles. The van der Waals surface area contributed by atoms with E-state index < -0.39 is 0 Å². The van der Waals surface area contributed by atoms with Crippen LogP contribution >= 0.6 is 0 Å². The SMILES string of the molecule is CN1C(=O)CCN1c1cccc(CN=C=O)c1. The van der Waals surface area contributed by atoms with Crippen LogP contribution in [0.15, 0.2) is 29.3 Å². The number of hydrazine groups is 1. The molecule has 88 valence electrons. The Labute approximate surface area is 99.3 Å². The van der Waals surface area contributed by atoms with Crippen LogP contribution in [0.2, 0.25) is 0 Å². The molecule has 0 N–H and O–H groups in total. The average molecular weight is 231 g/mol. The van der Waals surface area contributed by atoms with Crippen LogP contribution < -0.4 is 5.01 Å². The van der Waals surface area contributed by atoms with Gasteiger partial charge in [-0.1, -0.05) is 12.1 Å². The molecule has 0 saturated carbocycles. The normalized spacial score (nSPS) is 15.0. The van der Waals surface area contributed by atoms with Gasteiger partial charge in [0.15, 0.2) is 0 Å². The van der Waals surface area contributed by atoms with Gasteiger partial charge in [-0.2, -0.15) is 0 Å². The molecule has 1 aliphatic rings. The number of benzene rings is 1. The summed E-state index contributed by atoms with van der Waals surface area (Å²) in [6, 6.07) is 7.64. The molecule has 0 unspecified atom stereocenters. The van der Waals surface area contributed by atoms with Gasteiger partial charge < -0.3 is 0 Å². The number of hydrogen-bond acceptors (Lipinski definition) is 4. The maximum atomic E-state index is 11.4. The van der Waals surface area contributed by atoms with Crippen LogP contribution in [0.25, 0.3) is 0 Å². The maximum absolute atomic E-state index is 11.4. The summed E-state index contributed by atoms with van der Waals surface area (Å²) in [7, 11) is 1.76. The summed E-state index contributed by atoms with van der Waals surface area (Å²) in [5, 5.41) is 3.53. The number of carbonyl (C=O) groups is 1. The summed E-state index contributed by atoms with van der Waals surface area (Å²) in [5.74, 6) is 0.112. The Bertz CT molecular complexity index is 480. The van der Waals surface area contributed by atoms with E-state index in [4.69, 9.17) is 0 Å². The van der Waals surface area contributed by atoms with E-state index in [1.165, 1.54) is 6.08 Å². The number of isocyanates is 1. The van der Waals surface area contributed by atoms with E-state index in [0.29, 0.717) is 19.5 Å². The molecule has 1 heterocycles. The highest BCUT2D eigenvalue weighted by molar-refractivity contribution is 5.81. The second-order valence-electron chi connectivity index (χ2n) is 3.87. The number of rotatable bonds is 3. The number of carbonyl (C=O) groups excluding carboxylic acids is 2. The Morgan fingerprint density at radius 2 is 2.29 bits per heavy atom. The largest absolute Gasteiger partial charge is 0.283 e. The quantitative estimate of drug-likeness (QED) is 0.578. The van der Waals surface area contributed by atoms with Crippen molar-refractivity contribution >= 4 is 17.7 Å². The lowest BCUT2D eigenvalue weighted by Crippen LogP contribution is -2.35. The first-order valence-electron chi connectivity index (χ1n) is 5.39. The van der Waals surface area contributed by atoms with Gasteiger partial charge in [-0.05, 0) is 17.7 Å². The minimum atomic E-state index is 0.112. The van der Waals surface area contributed by atoms with Crippen LogP contribution in [0.4, 0.5) is 5.69 Å². The zero-order valence-electron chi connectivity index (χ0n) is 9.59. The molecule has 0 bridgehead atoms. The molecule has 0 aliphatic carbocycles. The van der Waals surface area contributed by atoms with Gasteiger partial charge in [-0.15, -0.1) is 0 Å². The molecule has 1 fully saturated rings. The van der Waals surface area contributed by atoms with Crippen molar-refractivity contribution in [2.75, 3.05) is 18.6 Å². The first-order chi connectivity index (χ1) is 8.22. The Morgan fingerprint density at radius 1 is 1.47 bits per heavy atom. The zero-order valence-corrected chi connectivity index (χ0v) is 9.59. The average Bonchev–Trinajstić information content (AvgIpc) is 2.68. The molecule has 0 atom stereocenters. The van der Waals surface area contributed by atoms with E-state index in [0.717, 1.165) is 11.3 Å². The minimum Gasteiger partial charge on any atom is -0.283 e. The minimum absolute atomic E-state index is 0.112. The molecule has 1 aliphatic heterocycles. The second-order valence-corrected chi connectivity index (χ2v) is 3.87. The van der Waals surface area contributed by atoms with E-state index in [9.17, 15) is 9.59 Å². The van der Waals surface area contributed by atoms with Crippen molar-refractivity contribution in [2.45, 2.75) is 13.0 Å². The molecule has 0 aromatic heterocycles. The fourth-order valence-electron chi connectivity index (χ4n) is 1.89. The summed E-state index contributed by atoms with van der Waals surface area (Å²) >= 11 is 0. The Kier molecular flexibility index (Phi) is 3.21. The summed E-state index contributed by atoms with van der Waals surface area (Å²) in [6.45, 7) is 1.01. The fourth-order valence-corrected chi connectivity index (χ4v) is 1.89. The molecular weight excluding hydrogens is 218 g/mol. The van der Waals surface area contributed by atoms with Gasteiger partial charge in [0.1, 0.15) is 0 Å². The molecule has 1 aromatic carbocycles. The summed E-state index contributed by atoms with van der Waals surface area (Å²) < 4.78 is 0. The van der Waals surface area contributed by atoms with E-state index in [1.807, 2.05) is 29.3 Å². The third kappa shape index (κ3) is 2.34. The molecule has 2 rings (SSSR count). The molecule has 17 heavy (non-hydrogen) atoms. The van der Waals surface area contributed by atoms with Gasteiger partial charge in [-0.3, -0.25) is 14.8 Å². The molecular formula is C12H13N3O2. The van der Waals surface area contributed by atoms with Crippen molar-refractivity contribution in [3.8, 4) is 0 Å². The van der Waals surface area contributed by atoms with Gasteiger partial charge in [-0.25, -0.2) is 9.79 Å². The van der Waals surface area contributed by atoms with E-state index in [-0.39, 0.29) is 5.91 Å². The van der Waals surface area contributed by atoms with E-state index in [1.54, 1.807) is 12.1 Å². The predicted octanol–water partition coefficient (Wildman–Crippen LogP) is 1.11. The van der Waals surface area contributed by atoms with Gasteiger partial charge in [0.25, 0.3) is 0 Å². The lowest BCUT2D eigenvalue weighted by atomic mass is 10.2. The lowest BCUT2D eigenvalue weighted by molar-refractivity contribution is -0.126. The van der Waals surface area contributed by atoms with Crippen LogP contribution in [0.3, 0.4) is 0 Å². The predicted molar refractivity (Wildman–Crippen MR) is 63.0 cm³/mol. The lowest BCUT2D eigenvalue weighted by Gasteiger charge is -2.26. The fraction of sp³-hybridized carbons (Fsp3) is 0.333. The number of anilines is 1. The summed E-state index contributed by atoms with van der Waals surface area (Å²) in [5.41, 5.74) is 1.87. The zero-order chi connectivity index (χ0) is 12.3. The third-order valence-corrected chi connectivity index (χ3v) is 2.80. The van der Waals surface area contributed by atoms with Gasteiger partial charge in [0.2, 0.25) is 12.0 Å². The van der Waals surface area contributed by atoms with Crippen LogP contribution in [0.1, 0.15) is 12.0 Å². The van der Waals surface area contributed by atoms with Crippen molar-refractivity contribution in [3.63, 3.8) is 0 Å².